The third-order valence-electron chi connectivity index (χ3n) is 3.46. The van der Waals surface area contributed by atoms with Crippen LogP contribution in [-0.2, 0) is 33.4 Å². The highest BCUT2D eigenvalue weighted by atomic mass is 32.2. The molecule has 0 aromatic heterocycles. The fourth-order valence-electron chi connectivity index (χ4n) is 2.45. The number of nitrogens with zero attached hydrogens (tertiary/aromatic N) is 1. The van der Waals surface area contributed by atoms with E-state index in [-0.39, 0.29) is 17.9 Å². The van der Waals surface area contributed by atoms with Gasteiger partial charge in [-0.05, 0) is 6.92 Å². The normalized spacial score (nSPS) is 29.4. The molecule has 3 unspecified atom stereocenters. The number of amides is 1. The number of carbonyl (C=O) groups excluding carboxylic acids is 4. The molecule has 0 bridgehead atoms. The minimum atomic E-state index is -0.876. The topological polar surface area (TPSA) is 99.2 Å². The molecule has 0 N–H and O–H groups in total. The standard InChI is InChI=1S/C13H17NO7S/c1-7(15)19-5-13(3)11(12(18)21-6-20-8(2)16)14-9(17)4-10(14)22-13/h10-11H,4-6H2,1-3H3. The lowest BCUT2D eigenvalue weighted by atomic mass is 9.97. The van der Waals surface area contributed by atoms with E-state index in [1.54, 1.807) is 6.92 Å². The lowest BCUT2D eigenvalue weighted by Gasteiger charge is -2.37. The highest BCUT2D eigenvalue weighted by Gasteiger charge is 2.61. The van der Waals surface area contributed by atoms with Crippen LogP contribution in [0.1, 0.15) is 27.2 Å². The fourth-order valence-corrected chi connectivity index (χ4v) is 4.12. The van der Waals surface area contributed by atoms with Crippen LogP contribution >= 0.6 is 11.8 Å². The number of ether oxygens (including phenoxy) is 3. The first-order valence-electron chi connectivity index (χ1n) is 6.67. The van der Waals surface area contributed by atoms with Crippen molar-refractivity contribution in [3.8, 4) is 0 Å². The molecular weight excluding hydrogens is 314 g/mol. The molecule has 0 radical (unpaired) electrons. The van der Waals surface area contributed by atoms with Gasteiger partial charge in [-0.15, -0.1) is 11.8 Å². The Labute approximate surface area is 131 Å². The Balaban J connectivity index is 2.08. The molecule has 2 aliphatic rings. The summed E-state index contributed by atoms with van der Waals surface area (Å²) in [6.45, 7) is 3.69. The summed E-state index contributed by atoms with van der Waals surface area (Å²) >= 11 is 1.40. The Kier molecular flexibility index (Phi) is 4.64. The van der Waals surface area contributed by atoms with Crippen molar-refractivity contribution in [2.45, 2.75) is 43.4 Å². The minimum Gasteiger partial charge on any atom is -0.464 e. The average Bonchev–Trinajstić information content (AvgIpc) is 2.64. The summed E-state index contributed by atoms with van der Waals surface area (Å²) in [5.74, 6) is -1.87. The van der Waals surface area contributed by atoms with Gasteiger partial charge in [-0.2, -0.15) is 0 Å². The Hall–Kier alpha value is -1.77. The molecule has 0 aromatic carbocycles. The first-order chi connectivity index (χ1) is 10.2. The van der Waals surface area contributed by atoms with Crippen LogP contribution in [0, 0.1) is 0 Å². The van der Waals surface area contributed by atoms with Crippen molar-refractivity contribution in [1.82, 2.24) is 4.90 Å². The number of fused-ring (bicyclic) bond motifs is 1. The van der Waals surface area contributed by atoms with Crippen LogP contribution in [0.25, 0.3) is 0 Å². The van der Waals surface area contributed by atoms with Crippen LogP contribution in [0.2, 0.25) is 0 Å². The number of hydrogen-bond donors (Lipinski definition) is 0. The van der Waals surface area contributed by atoms with Gasteiger partial charge in [0.25, 0.3) is 0 Å². The van der Waals surface area contributed by atoms with Gasteiger partial charge >= 0.3 is 17.9 Å². The zero-order valence-electron chi connectivity index (χ0n) is 12.5. The zero-order valence-corrected chi connectivity index (χ0v) is 13.3. The van der Waals surface area contributed by atoms with Crippen molar-refractivity contribution in [1.29, 1.82) is 0 Å². The van der Waals surface area contributed by atoms with E-state index in [4.69, 9.17) is 9.47 Å². The second-order valence-corrected chi connectivity index (χ2v) is 7.00. The molecule has 1 amide bonds. The molecule has 0 aromatic rings. The minimum absolute atomic E-state index is 0.0133. The van der Waals surface area contributed by atoms with Crippen LogP contribution in [0.5, 0.6) is 0 Å². The first-order valence-corrected chi connectivity index (χ1v) is 7.55. The van der Waals surface area contributed by atoms with Crippen molar-refractivity contribution in [2.75, 3.05) is 13.4 Å². The van der Waals surface area contributed by atoms with Gasteiger partial charge in [-0.25, -0.2) is 4.79 Å². The van der Waals surface area contributed by atoms with Gasteiger partial charge in [-0.1, -0.05) is 0 Å². The van der Waals surface area contributed by atoms with E-state index >= 15 is 0 Å². The van der Waals surface area contributed by atoms with Gasteiger partial charge in [0.15, 0.2) is 0 Å². The molecule has 8 nitrogen and oxygen atoms in total. The molecule has 0 spiro atoms. The Bertz CT molecular complexity index is 523. The van der Waals surface area contributed by atoms with E-state index in [0.29, 0.717) is 6.42 Å². The molecule has 9 heteroatoms. The molecule has 2 fully saturated rings. The molecule has 0 aliphatic carbocycles. The number of esters is 3. The summed E-state index contributed by atoms with van der Waals surface area (Å²) in [6, 6.07) is -0.876. The van der Waals surface area contributed by atoms with E-state index in [1.807, 2.05) is 0 Å². The molecule has 2 rings (SSSR count). The van der Waals surface area contributed by atoms with Crippen LogP contribution < -0.4 is 0 Å². The SMILES string of the molecule is CC(=O)OCOC(=O)C1N2C(=O)CC2SC1(C)COC(C)=O. The van der Waals surface area contributed by atoms with Crippen molar-refractivity contribution in [3.05, 3.63) is 0 Å². The summed E-state index contributed by atoms with van der Waals surface area (Å²) < 4.78 is 13.7. The van der Waals surface area contributed by atoms with Crippen molar-refractivity contribution in [2.24, 2.45) is 0 Å². The number of hydrogen-bond acceptors (Lipinski definition) is 8. The third kappa shape index (κ3) is 3.18. The van der Waals surface area contributed by atoms with E-state index < -0.39 is 35.5 Å². The third-order valence-corrected chi connectivity index (χ3v) is 5.00. The monoisotopic (exact) mass is 331 g/mol. The lowest BCUT2D eigenvalue weighted by molar-refractivity contribution is -0.175. The van der Waals surface area contributed by atoms with Crippen molar-refractivity contribution >= 4 is 35.6 Å². The predicted molar refractivity (Wildman–Crippen MR) is 74.4 cm³/mol. The number of rotatable bonds is 5. The zero-order chi connectivity index (χ0) is 16.5. The maximum Gasteiger partial charge on any atom is 0.333 e. The van der Waals surface area contributed by atoms with Crippen molar-refractivity contribution in [3.63, 3.8) is 0 Å². The average molecular weight is 331 g/mol. The molecule has 22 heavy (non-hydrogen) atoms. The molecule has 2 saturated heterocycles. The van der Waals surface area contributed by atoms with E-state index in [9.17, 15) is 19.2 Å². The predicted octanol–water partition coefficient (Wildman–Crippen LogP) is 0.0458. The number of carbonyl (C=O) groups is 4. The van der Waals surface area contributed by atoms with Crippen LogP contribution in [0.3, 0.4) is 0 Å². The van der Waals surface area contributed by atoms with Gasteiger partial charge in [0.2, 0.25) is 12.7 Å². The highest BCUT2D eigenvalue weighted by molar-refractivity contribution is 8.01. The Morgan fingerprint density at radius 3 is 2.41 bits per heavy atom. The number of thioether (sulfide) groups is 1. The summed E-state index contributed by atoms with van der Waals surface area (Å²) in [4.78, 5) is 47.2. The highest BCUT2D eigenvalue weighted by Crippen LogP contribution is 2.51. The van der Waals surface area contributed by atoms with E-state index in [2.05, 4.69) is 4.74 Å². The largest absolute Gasteiger partial charge is 0.464 e. The Morgan fingerprint density at radius 1 is 1.23 bits per heavy atom. The fraction of sp³-hybridized carbons (Fsp3) is 0.692. The molecule has 3 atom stereocenters. The van der Waals surface area contributed by atoms with Crippen LogP contribution in [0.15, 0.2) is 0 Å². The smallest absolute Gasteiger partial charge is 0.333 e. The number of β-lactam (4-membered cyclic amide) rings is 1. The summed E-state index contributed by atoms with van der Waals surface area (Å²) in [5, 5.41) is -0.126. The van der Waals surface area contributed by atoms with Crippen LogP contribution in [0.4, 0.5) is 0 Å². The Morgan fingerprint density at radius 2 is 1.86 bits per heavy atom. The summed E-state index contributed by atoms with van der Waals surface area (Å²) in [6.07, 6.45) is 0.341. The molecule has 2 aliphatic heterocycles. The molecule has 122 valence electrons. The van der Waals surface area contributed by atoms with Gasteiger partial charge in [0.1, 0.15) is 12.6 Å². The lowest BCUT2D eigenvalue weighted by Crippen LogP contribution is -2.58. The maximum absolute atomic E-state index is 12.3. The van der Waals surface area contributed by atoms with Crippen LogP contribution in [-0.4, -0.2) is 58.3 Å². The maximum atomic E-state index is 12.3. The van der Waals surface area contributed by atoms with E-state index in [0.717, 1.165) is 0 Å². The van der Waals surface area contributed by atoms with Gasteiger partial charge in [0.05, 0.1) is 16.5 Å². The first kappa shape index (κ1) is 16.6. The van der Waals surface area contributed by atoms with Gasteiger partial charge in [0, 0.05) is 13.8 Å². The molecular formula is C13H17NO7S. The van der Waals surface area contributed by atoms with E-state index in [1.165, 1.54) is 30.5 Å². The summed E-state index contributed by atoms with van der Waals surface area (Å²) in [5.41, 5.74) is 0. The summed E-state index contributed by atoms with van der Waals surface area (Å²) in [7, 11) is 0. The molecule has 0 saturated carbocycles. The van der Waals surface area contributed by atoms with Crippen molar-refractivity contribution < 1.29 is 33.4 Å². The van der Waals surface area contributed by atoms with Gasteiger partial charge < -0.3 is 19.1 Å². The quantitative estimate of drug-likeness (QED) is 0.396. The second-order valence-electron chi connectivity index (χ2n) is 5.29. The molecule has 2 heterocycles. The van der Waals surface area contributed by atoms with Gasteiger partial charge in [-0.3, -0.25) is 14.4 Å². The second kappa shape index (κ2) is 6.15.